The second kappa shape index (κ2) is 6.95. The van der Waals surface area contributed by atoms with E-state index in [0.29, 0.717) is 23.7 Å². The number of H-pyrrole nitrogens is 2. The summed E-state index contributed by atoms with van der Waals surface area (Å²) in [4.78, 5) is 34.3. The fourth-order valence-corrected chi connectivity index (χ4v) is 3.16. The molecule has 0 saturated heterocycles. The third-order valence-corrected chi connectivity index (χ3v) is 4.56. The van der Waals surface area contributed by atoms with E-state index in [0.717, 1.165) is 16.5 Å². The molecular weight excluding hydrogens is 342 g/mol. The second-order valence-corrected chi connectivity index (χ2v) is 6.42. The number of aryl methyl sites for hydroxylation is 2. The number of rotatable bonds is 5. The van der Waals surface area contributed by atoms with Crippen molar-refractivity contribution in [3.05, 3.63) is 70.1 Å². The molecule has 2 aromatic heterocycles. The largest absolute Gasteiger partial charge is 0.361 e. The summed E-state index contributed by atoms with van der Waals surface area (Å²) in [6.07, 6.45) is 2.87. The van der Waals surface area contributed by atoms with E-state index < -0.39 is 0 Å². The Morgan fingerprint density at radius 3 is 2.81 bits per heavy atom. The average Bonchev–Trinajstić information content (AvgIpc) is 3.09. The zero-order valence-corrected chi connectivity index (χ0v) is 14.8. The number of carbonyl (C=O) groups excluding carboxylic acids is 1. The van der Waals surface area contributed by atoms with Gasteiger partial charge < -0.3 is 4.98 Å². The number of benzene rings is 2. The van der Waals surface area contributed by atoms with Crippen molar-refractivity contribution in [2.45, 2.75) is 19.8 Å². The highest BCUT2D eigenvalue weighted by molar-refractivity contribution is 5.86. The first-order chi connectivity index (χ1) is 13.1. The molecule has 0 spiro atoms. The standard InChI is InChI=1S/C20H19N5O2/c1-12-5-4-7-14-13(11-21-18(12)14)9-10-17(26)24-25-20-22-16-8-3-2-6-15(16)19(27)23-20/h2-8,11,21H,9-10H2,1H3,(H,24,26)(H2,22,23,25,27). The van der Waals surface area contributed by atoms with Crippen LogP contribution in [0.5, 0.6) is 0 Å². The Balaban J connectivity index is 1.40. The number of aromatic nitrogens is 3. The zero-order chi connectivity index (χ0) is 18.8. The van der Waals surface area contributed by atoms with Crippen LogP contribution in [0.3, 0.4) is 0 Å². The van der Waals surface area contributed by atoms with E-state index in [-0.39, 0.29) is 17.4 Å². The van der Waals surface area contributed by atoms with Gasteiger partial charge in [0, 0.05) is 23.5 Å². The van der Waals surface area contributed by atoms with Crippen LogP contribution in [0, 0.1) is 6.92 Å². The molecular formula is C20H19N5O2. The van der Waals surface area contributed by atoms with Crippen LogP contribution >= 0.6 is 0 Å². The molecule has 7 heteroatoms. The lowest BCUT2D eigenvalue weighted by atomic mass is 10.1. The maximum absolute atomic E-state index is 12.2. The fourth-order valence-electron chi connectivity index (χ4n) is 3.16. The van der Waals surface area contributed by atoms with Crippen LogP contribution in [0.4, 0.5) is 5.95 Å². The predicted octanol–water partition coefficient (Wildman–Crippen LogP) is 2.79. The topological polar surface area (TPSA) is 103 Å². The molecule has 0 saturated carbocycles. The Morgan fingerprint density at radius 2 is 1.93 bits per heavy atom. The molecule has 27 heavy (non-hydrogen) atoms. The highest BCUT2D eigenvalue weighted by Crippen LogP contribution is 2.22. The zero-order valence-electron chi connectivity index (χ0n) is 14.8. The summed E-state index contributed by atoms with van der Waals surface area (Å²) in [7, 11) is 0. The number of amides is 1. The lowest BCUT2D eigenvalue weighted by Gasteiger charge is -2.08. The maximum atomic E-state index is 12.2. The number of nitrogens with zero attached hydrogens (tertiary/aromatic N) is 1. The van der Waals surface area contributed by atoms with Crippen molar-refractivity contribution < 1.29 is 4.79 Å². The smallest absolute Gasteiger partial charge is 0.260 e. The normalized spacial score (nSPS) is 11.0. The van der Waals surface area contributed by atoms with Gasteiger partial charge in [-0.2, -0.15) is 0 Å². The SMILES string of the molecule is Cc1cccc2c(CCC(=O)NNc3nc4ccccc4c(=O)[nH]3)c[nH]c12. The Kier molecular flexibility index (Phi) is 4.33. The minimum Gasteiger partial charge on any atom is -0.361 e. The van der Waals surface area contributed by atoms with E-state index in [9.17, 15) is 9.59 Å². The van der Waals surface area contributed by atoms with E-state index in [1.54, 1.807) is 24.3 Å². The van der Waals surface area contributed by atoms with Gasteiger partial charge in [0.25, 0.3) is 5.56 Å². The number of carbonyl (C=O) groups is 1. The van der Waals surface area contributed by atoms with Crippen molar-refractivity contribution in [2.24, 2.45) is 0 Å². The Morgan fingerprint density at radius 1 is 1.11 bits per heavy atom. The van der Waals surface area contributed by atoms with Crippen LogP contribution in [0.15, 0.2) is 53.5 Å². The van der Waals surface area contributed by atoms with Crippen molar-refractivity contribution in [3.8, 4) is 0 Å². The van der Waals surface area contributed by atoms with Crippen LogP contribution in [-0.4, -0.2) is 20.9 Å². The van der Waals surface area contributed by atoms with Gasteiger partial charge in [-0.3, -0.25) is 25.4 Å². The van der Waals surface area contributed by atoms with Crippen molar-refractivity contribution >= 4 is 33.7 Å². The third-order valence-electron chi connectivity index (χ3n) is 4.56. The second-order valence-electron chi connectivity index (χ2n) is 6.42. The molecule has 2 aromatic carbocycles. The summed E-state index contributed by atoms with van der Waals surface area (Å²) in [5, 5.41) is 1.64. The molecule has 0 aliphatic rings. The summed E-state index contributed by atoms with van der Waals surface area (Å²) >= 11 is 0. The molecule has 4 rings (SSSR count). The van der Waals surface area contributed by atoms with E-state index in [2.05, 4.69) is 38.8 Å². The molecule has 0 unspecified atom stereocenters. The number of hydrogen-bond acceptors (Lipinski definition) is 4. The van der Waals surface area contributed by atoms with Crippen molar-refractivity contribution in [1.82, 2.24) is 20.4 Å². The van der Waals surface area contributed by atoms with Gasteiger partial charge >= 0.3 is 0 Å². The molecule has 0 fully saturated rings. The van der Waals surface area contributed by atoms with Crippen molar-refractivity contribution in [3.63, 3.8) is 0 Å². The summed E-state index contributed by atoms with van der Waals surface area (Å²) in [5.74, 6) is 0.0163. The molecule has 4 N–H and O–H groups in total. The Hall–Kier alpha value is -3.61. The van der Waals surface area contributed by atoms with Gasteiger partial charge in [0.15, 0.2) is 0 Å². The molecule has 4 aromatic rings. The first-order valence-electron chi connectivity index (χ1n) is 8.71. The average molecular weight is 361 g/mol. The van der Waals surface area contributed by atoms with Gasteiger partial charge in [0.05, 0.1) is 10.9 Å². The molecule has 7 nitrogen and oxygen atoms in total. The van der Waals surface area contributed by atoms with Gasteiger partial charge in [-0.25, -0.2) is 4.98 Å². The van der Waals surface area contributed by atoms with Crippen LogP contribution in [0.1, 0.15) is 17.5 Å². The first-order valence-corrected chi connectivity index (χ1v) is 8.71. The van der Waals surface area contributed by atoms with Crippen molar-refractivity contribution in [1.29, 1.82) is 0 Å². The van der Waals surface area contributed by atoms with E-state index in [1.165, 1.54) is 5.56 Å². The van der Waals surface area contributed by atoms with E-state index in [4.69, 9.17) is 0 Å². The molecule has 0 radical (unpaired) electrons. The minimum absolute atomic E-state index is 0.187. The summed E-state index contributed by atoms with van der Waals surface area (Å²) in [5.41, 5.74) is 8.94. The summed E-state index contributed by atoms with van der Waals surface area (Å²) in [6, 6.07) is 13.1. The number of hydrazine groups is 1. The molecule has 2 heterocycles. The molecule has 0 aliphatic heterocycles. The highest BCUT2D eigenvalue weighted by Gasteiger charge is 2.09. The third kappa shape index (κ3) is 3.39. The summed E-state index contributed by atoms with van der Waals surface area (Å²) in [6.45, 7) is 2.05. The number of fused-ring (bicyclic) bond motifs is 2. The molecule has 136 valence electrons. The van der Waals surface area contributed by atoms with Crippen LogP contribution in [-0.2, 0) is 11.2 Å². The van der Waals surface area contributed by atoms with E-state index in [1.807, 2.05) is 18.3 Å². The number of hydrogen-bond donors (Lipinski definition) is 4. The van der Waals surface area contributed by atoms with Gasteiger partial charge in [-0.15, -0.1) is 0 Å². The highest BCUT2D eigenvalue weighted by atomic mass is 16.2. The minimum atomic E-state index is -0.258. The fraction of sp³-hybridized carbons (Fsp3) is 0.150. The number of nitrogens with one attached hydrogen (secondary N) is 4. The maximum Gasteiger partial charge on any atom is 0.260 e. The Labute approximate surface area is 154 Å². The molecule has 0 aliphatic carbocycles. The molecule has 0 atom stereocenters. The number of para-hydroxylation sites is 2. The summed E-state index contributed by atoms with van der Waals surface area (Å²) < 4.78 is 0. The van der Waals surface area contributed by atoms with Gasteiger partial charge in [-0.05, 0) is 36.6 Å². The number of aromatic amines is 2. The van der Waals surface area contributed by atoms with Gasteiger partial charge in [-0.1, -0.05) is 30.3 Å². The number of anilines is 1. The first kappa shape index (κ1) is 16.8. The molecule has 1 amide bonds. The van der Waals surface area contributed by atoms with E-state index >= 15 is 0 Å². The quantitative estimate of drug-likeness (QED) is 0.410. The molecule has 0 bridgehead atoms. The Bertz CT molecular complexity index is 1190. The van der Waals surface area contributed by atoms with Crippen LogP contribution < -0.4 is 16.4 Å². The van der Waals surface area contributed by atoms with Gasteiger partial charge in [0.2, 0.25) is 11.9 Å². The van der Waals surface area contributed by atoms with Gasteiger partial charge in [0.1, 0.15) is 0 Å². The van der Waals surface area contributed by atoms with Crippen LogP contribution in [0.25, 0.3) is 21.8 Å². The van der Waals surface area contributed by atoms with Crippen molar-refractivity contribution in [2.75, 3.05) is 5.43 Å². The lowest BCUT2D eigenvalue weighted by Crippen LogP contribution is -2.31. The monoisotopic (exact) mass is 361 g/mol. The lowest BCUT2D eigenvalue weighted by molar-refractivity contribution is -0.120. The predicted molar refractivity (Wildman–Crippen MR) is 105 cm³/mol. The van der Waals surface area contributed by atoms with Crippen LogP contribution in [0.2, 0.25) is 0 Å².